The molecule has 3 heteroatoms. The second-order valence-corrected chi connectivity index (χ2v) is 5.72. The van der Waals surface area contributed by atoms with Crippen LogP contribution in [0.15, 0.2) is 18.2 Å². The SMILES string of the molecule is CNCc1ccc2nc(C3CCCCC3)n(C)c2c1. The second kappa shape index (κ2) is 5.33. The van der Waals surface area contributed by atoms with Gasteiger partial charge in [0.15, 0.2) is 0 Å². The van der Waals surface area contributed by atoms with Crippen LogP contribution in [0.1, 0.15) is 49.4 Å². The van der Waals surface area contributed by atoms with E-state index >= 15 is 0 Å². The van der Waals surface area contributed by atoms with Crippen LogP contribution in [0.25, 0.3) is 11.0 Å². The number of nitrogens with one attached hydrogen (secondary N) is 1. The van der Waals surface area contributed by atoms with E-state index in [4.69, 9.17) is 4.98 Å². The number of nitrogens with zero attached hydrogens (tertiary/aromatic N) is 2. The fourth-order valence-electron chi connectivity index (χ4n) is 3.29. The summed E-state index contributed by atoms with van der Waals surface area (Å²) >= 11 is 0. The number of hydrogen-bond acceptors (Lipinski definition) is 2. The van der Waals surface area contributed by atoms with Crippen LogP contribution in [0.5, 0.6) is 0 Å². The number of fused-ring (bicyclic) bond motifs is 1. The zero-order valence-corrected chi connectivity index (χ0v) is 11.9. The van der Waals surface area contributed by atoms with Gasteiger partial charge in [0.2, 0.25) is 0 Å². The predicted molar refractivity (Wildman–Crippen MR) is 79.3 cm³/mol. The van der Waals surface area contributed by atoms with Crippen LogP contribution in [0.4, 0.5) is 0 Å². The number of aromatic nitrogens is 2. The van der Waals surface area contributed by atoms with E-state index in [-0.39, 0.29) is 0 Å². The first-order chi connectivity index (χ1) is 9.29. The molecule has 0 amide bonds. The van der Waals surface area contributed by atoms with Gasteiger partial charge in [-0.3, -0.25) is 0 Å². The van der Waals surface area contributed by atoms with Crippen molar-refractivity contribution < 1.29 is 0 Å². The van der Waals surface area contributed by atoms with Crippen LogP contribution in [0.3, 0.4) is 0 Å². The first kappa shape index (κ1) is 12.7. The monoisotopic (exact) mass is 257 g/mol. The Morgan fingerprint density at radius 2 is 2.05 bits per heavy atom. The van der Waals surface area contributed by atoms with Crippen LogP contribution >= 0.6 is 0 Å². The maximum Gasteiger partial charge on any atom is 0.112 e. The van der Waals surface area contributed by atoms with Crippen LogP contribution in [0.2, 0.25) is 0 Å². The maximum atomic E-state index is 4.88. The van der Waals surface area contributed by atoms with Gasteiger partial charge in [0.1, 0.15) is 5.82 Å². The van der Waals surface area contributed by atoms with Gasteiger partial charge in [-0.1, -0.05) is 25.3 Å². The maximum absolute atomic E-state index is 4.88. The first-order valence-electron chi connectivity index (χ1n) is 7.39. The fraction of sp³-hybridized carbons (Fsp3) is 0.562. The Hall–Kier alpha value is -1.35. The van der Waals surface area contributed by atoms with Gasteiger partial charge >= 0.3 is 0 Å². The Bertz CT molecular complexity index is 565. The lowest BCUT2D eigenvalue weighted by Gasteiger charge is -2.21. The van der Waals surface area contributed by atoms with Gasteiger partial charge in [-0.05, 0) is 37.6 Å². The molecule has 0 aliphatic heterocycles. The lowest BCUT2D eigenvalue weighted by atomic mass is 9.89. The normalized spacial score (nSPS) is 17.2. The molecule has 1 aliphatic rings. The Kier molecular flexibility index (Phi) is 3.56. The van der Waals surface area contributed by atoms with Gasteiger partial charge in [-0.25, -0.2) is 4.98 Å². The van der Waals surface area contributed by atoms with Crippen molar-refractivity contribution >= 4 is 11.0 Å². The molecule has 2 aromatic rings. The molecule has 19 heavy (non-hydrogen) atoms. The molecule has 102 valence electrons. The summed E-state index contributed by atoms with van der Waals surface area (Å²) in [5, 5.41) is 3.21. The van der Waals surface area contributed by atoms with Gasteiger partial charge in [-0.2, -0.15) is 0 Å². The molecule has 1 aliphatic carbocycles. The Morgan fingerprint density at radius 3 is 2.79 bits per heavy atom. The third-order valence-electron chi connectivity index (χ3n) is 4.33. The van der Waals surface area contributed by atoms with Gasteiger partial charge in [-0.15, -0.1) is 0 Å². The van der Waals surface area contributed by atoms with Crippen molar-refractivity contribution in [1.82, 2.24) is 14.9 Å². The summed E-state index contributed by atoms with van der Waals surface area (Å²) in [6, 6.07) is 6.61. The lowest BCUT2D eigenvalue weighted by Crippen LogP contribution is -2.10. The minimum atomic E-state index is 0.666. The van der Waals surface area contributed by atoms with Crippen LogP contribution in [-0.2, 0) is 13.6 Å². The number of imidazole rings is 1. The highest BCUT2D eigenvalue weighted by atomic mass is 15.1. The third-order valence-corrected chi connectivity index (χ3v) is 4.33. The minimum Gasteiger partial charge on any atom is -0.331 e. The average molecular weight is 257 g/mol. The standard InChI is InChI=1S/C16H23N3/c1-17-11-12-8-9-14-15(10-12)19(2)16(18-14)13-6-4-3-5-7-13/h8-10,13,17H,3-7,11H2,1-2H3. The van der Waals surface area contributed by atoms with E-state index in [9.17, 15) is 0 Å². The molecule has 3 rings (SSSR count). The summed E-state index contributed by atoms with van der Waals surface area (Å²) in [5.74, 6) is 1.95. The Balaban J connectivity index is 1.99. The first-order valence-corrected chi connectivity index (χ1v) is 7.39. The second-order valence-electron chi connectivity index (χ2n) is 5.72. The summed E-state index contributed by atoms with van der Waals surface area (Å²) in [6.45, 7) is 0.917. The summed E-state index contributed by atoms with van der Waals surface area (Å²) in [6.07, 6.45) is 6.73. The molecular weight excluding hydrogens is 234 g/mol. The van der Waals surface area contributed by atoms with Gasteiger partial charge in [0.25, 0.3) is 0 Å². The Morgan fingerprint density at radius 1 is 1.26 bits per heavy atom. The summed E-state index contributed by atoms with van der Waals surface area (Å²) in [5.41, 5.74) is 3.74. The Labute approximate surface area is 115 Å². The zero-order chi connectivity index (χ0) is 13.2. The number of hydrogen-bond donors (Lipinski definition) is 1. The fourth-order valence-corrected chi connectivity index (χ4v) is 3.29. The predicted octanol–water partition coefficient (Wildman–Crippen LogP) is 3.34. The van der Waals surface area contributed by atoms with Crippen molar-refractivity contribution in [3.05, 3.63) is 29.6 Å². The highest BCUT2D eigenvalue weighted by Gasteiger charge is 2.21. The number of rotatable bonds is 3. The van der Waals surface area contributed by atoms with Crippen molar-refractivity contribution in [2.75, 3.05) is 7.05 Å². The van der Waals surface area contributed by atoms with Crippen molar-refractivity contribution in [2.45, 2.75) is 44.6 Å². The molecular formula is C16H23N3. The summed E-state index contributed by atoms with van der Waals surface area (Å²) < 4.78 is 2.31. The van der Waals surface area contributed by atoms with Crippen LogP contribution in [0, 0.1) is 0 Å². The van der Waals surface area contributed by atoms with Crippen LogP contribution in [-0.4, -0.2) is 16.6 Å². The summed E-state index contributed by atoms with van der Waals surface area (Å²) in [4.78, 5) is 4.88. The molecule has 3 nitrogen and oxygen atoms in total. The topological polar surface area (TPSA) is 29.9 Å². The molecule has 1 fully saturated rings. The van der Waals surface area contributed by atoms with E-state index in [0.717, 1.165) is 12.1 Å². The average Bonchev–Trinajstić information content (AvgIpc) is 2.78. The van der Waals surface area contributed by atoms with Gasteiger partial charge in [0.05, 0.1) is 11.0 Å². The zero-order valence-electron chi connectivity index (χ0n) is 11.9. The van der Waals surface area contributed by atoms with Crippen molar-refractivity contribution in [3.63, 3.8) is 0 Å². The molecule has 0 saturated heterocycles. The highest BCUT2D eigenvalue weighted by Crippen LogP contribution is 2.33. The molecule has 0 bridgehead atoms. The molecule has 1 aromatic heterocycles. The van der Waals surface area contributed by atoms with E-state index in [1.807, 2.05) is 7.05 Å². The summed E-state index contributed by atoms with van der Waals surface area (Å²) in [7, 11) is 4.16. The number of benzene rings is 1. The van der Waals surface area contributed by atoms with Crippen molar-refractivity contribution in [2.24, 2.45) is 7.05 Å². The van der Waals surface area contributed by atoms with E-state index in [1.54, 1.807) is 0 Å². The molecule has 0 atom stereocenters. The quantitative estimate of drug-likeness (QED) is 0.914. The largest absolute Gasteiger partial charge is 0.331 e. The molecule has 0 spiro atoms. The van der Waals surface area contributed by atoms with E-state index < -0.39 is 0 Å². The highest BCUT2D eigenvalue weighted by molar-refractivity contribution is 5.77. The van der Waals surface area contributed by atoms with Gasteiger partial charge in [0, 0.05) is 19.5 Å². The van der Waals surface area contributed by atoms with E-state index in [0.29, 0.717) is 5.92 Å². The molecule has 1 N–H and O–H groups in total. The van der Waals surface area contributed by atoms with E-state index in [1.165, 1.54) is 49.0 Å². The smallest absolute Gasteiger partial charge is 0.112 e. The van der Waals surface area contributed by atoms with Crippen molar-refractivity contribution in [3.8, 4) is 0 Å². The van der Waals surface area contributed by atoms with Crippen molar-refractivity contribution in [1.29, 1.82) is 0 Å². The third kappa shape index (κ3) is 2.39. The number of aryl methyl sites for hydroxylation is 1. The molecule has 0 radical (unpaired) electrons. The van der Waals surface area contributed by atoms with Gasteiger partial charge < -0.3 is 9.88 Å². The van der Waals surface area contributed by atoms with E-state index in [2.05, 4.69) is 35.1 Å². The lowest BCUT2D eigenvalue weighted by molar-refractivity contribution is 0.423. The molecule has 1 aromatic carbocycles. The molecule has 1 saturated carbocycles. The molecule has 1 heterocycles. The minimum absolute atomic E-state index is 0.666. The molecule has 0 unspecified atom stereocenters. The van der Waals surface area contributed by atoms with Crippen LogP contribution < -0.4 is 5.32 Å².